The van der Waals surface area contributed by atoms with Gasteiger partial charge in [-0.05, 0) is 24.3 Å². The van der Waals surface area contributed by atoms with Crippen molar-refractivity contribution in [2.45, 2.75) is 35.9 Å². The minimum absolute atomic E-state index is 0.00623. The Labute approximate surface area is 163 Å². The quantitative estimate of drug-likeness (QED) is 0.420. The van der Waals surface area contributed by atoms with Gasteiger partial charge in [-0.15, -0.1) is 28.1 Å². The lowest BCUT2D eigenvalue weighted by Crippen LogP contribution is -2.40. The lowest BCUT2D eigenvalue weighted by Gasteiger charge is -2.36. The molecule has 0 saturated heterocycles. The minimum Gasteiger partial charge on any atom is -0.294 e. The molecule has 0 saturated carbocycles. The number of anilines is 1. The highest BCUT2D eigenvalue weighted by molar-refractivity contribution is 8.01. The van der Waals surface area contributed by atoms with E-state index < -0.39 is 0 Å². The lowest BCUT2D eigenvalue weighted by atomic mass is 9.80. The molecule has 1 aliphatic heterocycles. The molecule has 2 aromatic rings. The van der Waals surface area contributed by atoms with E-state index >= 15 is 0 Å². The van der Waals surface area contributed by atoms with Gasteiger partial charge >= 0.3 is 0 Å². The molecule has 0 unspecified atom stereocenters. The van der Waals surface area contributed by atoms with Crippen molar-refractivity contribution in [3.8, 4) is 0 Å². The number of Topliss-reactive ketones (excluding diaryl/α,β-unsaturated/α-hetero) is 1. The van der Waals surface area contributed by atoms with E-state index in [1.54, 1.807) is 28.0 Å². The summed E-state index contributed by atoms with van der Waals surface area (Å²) in [6.07, 6.45) is 4.17. The van der Waals surface area contributed by atoms with E-state index in [0.29, 0.717) is 18.0 Å². The predicted octanol–water partition coefficient (Wildman–Crippen LogP) is 4.41. The van der Waals surface area contributed by atoms with Crippen LogP contribution in [0.4, 0.5) is 5.13 Å². The highest BCUT2D eigenvalue weighted by Gasteiger charge is 2.41. The molecule has 0 N–H and O–H groups in total. The Morgan fingerprint density at radius 3 is 3.00 bits per heavy atom. The van der Waals surface area contributed by atoms with Gasteiger partial charge in [-0.2, -0.15) is 0 Å². The van der Waals surface area contributed by atoms with Crippen LogP contribution in [0.15, 0.2) is 45.8 Å². The molecule has 5 nitrogen and oxygen atoms in total. The third-order valence-electron chi connectivity index (χ3n) is 4.47. The van der Waals surface area contributed by atoms with Crippen molar-refractivity contribution in [2.75, 3.05) is 10.7 Å². The van der Waals surface area contributed by atoms with Crippen LogP contribution in [0.25, 0.3) is 0 Å². The second-order valence-corrected chi connectivity index (χ2v) is 9.29. The zero-order valence-corrected chi connectivity index (χ0v) is 16.5. The average molecular weight is 404 g/mol. The van der Waals surface area contributed by atoms with Crippen LogP contribution in [0.2, 0.25) is 0 Å². The largest absolute Gasteiger partial charge is 0.294 e. The molecule has 2 aliphatic rings. The molecule has 26 heavy (non-hydrogen) atoms. The number of thioether (sulfide) groups is 1. The van der Waals surface area contributed by atoms with E-state index in [9.17, 15) is 9.59 Å². The molecule has 134 valence electrons. The third kappa shape index (κ3) is 3.17. The maximum atomic E-state index is 13.0. The lowest BCUT2D eigenvalue weighted by molar-refractivity contribution is -0.119. The van der Waals surface area contributed by atoms with Crippen LogP contribution in [0, 0.1) is 0 Å². The molecule has 0 spiro atoms. The number of allylic oxidation sites excluding steroid dienone is 2. The number of aromatic nitrogens is 2. The first-order chi connectivity index (χ1) is 12.7. The fraction of sp³-hybridized carbons (Fsp3) is 0.333. The number of carbonyl (C=O) groups excluding carboxylic acids is 2. The molecular weight excluding hydrogens is 386 g/mol. The van der Waals surface area contributed by atoms with Crippen LogP contribution in [0.5, 0.6) is 0 Å². The molecule has 3 heterocycles. The molecule has 0 aromatic carbocycles. The molecule has 1 amide bonds. The van der Waals surface area contributed by atoms with Crippen molar-refractivity contribution in [1.29, 1.82) is 0 Å². The number of ketones is 1. The van der Waals surface area contributed by atoms with E-state index in [4.69, 9.17) is 0 Å². The Bertz CT molecular complexity index is 885. The number of thiophene rings is 1. The SMILES string of the molecule is C=CCSc1nnc(N2C(=O)C[C@@H](c3cccs3)C3=C2CCCC3=O)s1. The number of carbonyl (C=O) groups is 2. The zero-order valence-electron chi connectivity index (χ0n) is 14.0. The van der Waals surface area contributed by atoms with Crippen molar-refractivity contribution < 1.29 is 9.59 Å². The average Bonchev–Trinajstić information content (AvgIpc) is 3.31. The van der Waals surface area contributed by atoms with Gasteiger partial charge in [0.1, 0.15) is 0 Å². The van der Waals surface area contributed by atoms with Gasteiger partial charge in [-0.3, -0.25) is 14.5 Å². The van der Waals surface area contributed by atoms with Crippen LogP contribution in [0.1, 0.15) is 36.5 Å². The molecular formula is C18H17N3O2S3. The molecule has 0 fully saturated rings. The van der Waals surface area contributed by atoms with Gasteiger partial charge in [0, 0.05) is 40.7 Å². The highest BCUT2D eigenvalue weighted by Crippen LogP contribution is 2.45. The van der Waals surface area contributed by atoms with Crippen LogP contribution in [0.3, 0.4) is 0 Å². The number of hydrogen-bond acceptors (Lipinski definition) is 7. The fourth-order valence-electron chi connectivity index (χ4n) is 3.43. The molecule has 4 rings (SSSR count). The van der Waals surface area contributed by atoms with E-state index in [1.165, 1.54) is 11.3 Å². The smallest absolute Gasteiger partial charge is 0.234 e. The third-order valence-corrected chi connectivity index (χ3v) is 7.50. The van der Waals surface area contributed by atoms with Gasteiger partial charge < -0.3 is 0 Å². The molecule has 2 aromatic heterocycles. The Morgan fingerprint density at radius 2 is 2.23 bits per heavy atom. The Balaban J connectivity index is 1.75. The van der Waals surface area contributed by atoms with Crippen molar-refractivity contribution in [2.24, 2.45) is 0 Å². The van der Waals surface area contributed by atoms with E-state index in [1.807, 2.05) is 23.6 Å². The number of amides is 1. The zero-order chi connectivity index (χ0) is 18.1. The van der Waals surface area contributed by atoms with Crippen LogP contribution >= 0.6 is 34.4 Å². The van der Waals surface area contributed by atoms with Crippen LogP contribution < -0.4 is 4.90 Å². The first kappa shape index (κ1) is 17.6. The van der Waals surface area contributed by atoms with Crippen molar-refractivity contribution in [3.63, 3.8) is 0 Å². The van der Waals surface area contributed by atoms with Crippen molar-refractivity contribution >= 4 is 51.3 Å². The topological polar surface area (TPSA) is 63.2 Å². The van der Waals surface area contributed by atoms with Gasteiger partial charge in [-0.25, -0.2) is 0 Å². The fourth-order valence-corrected chi connectivity index (χ4v) is 5.91. The predicted molar refractivity (Wildman–Crippen MR) is 106 cm³/mol. The van der Waals surface area contributed by atoms with E-state index in [0.717, 1.165) is 39.1 Å². The van der Waals surface area contributed by atoms with Gasteiger partial charge in [0.15, 0.2) is 10.1 Å². The van der Waals surface area contributed by atoms with E-state index in [-0.39, 0.29) is 17.6 Å². The van der Waals surface area contributed by atoms with Gasteiger partial charge in [0.05, 0.1) is 0 Å². The van der Waals surface area contributed by atoms with Crippen LogP contribution in [-0.4, -0.2) is 27.6 Å². The van der Waals surface area contributed by atoms with Crippen molar-refractivity contribution in [1.82, 2.24) is 10.2 Å². The second kappa shape index (κ2) is 7.46. The summed E-state index contributed by atoms with van der Waals surface area (Å²) in [7, 11) is 0. The van der Waals surface area contributed by atoms with Gasteiger partial charge in [0.25, 0.3) is 0 Å². The molecule has 0 radical (unpaired) electrons. The summed E-state index contributed by atoms with van der Waals surface area (Å²) < 4.78 is 0.803. The summed E-state index contributed by atoms with van der Waals surface area (Å²) in [4.78, 5) is 28.4. The summed E-state index contributed by atoms with van der Waals surface area (Å²) in [6, 6.07) is 3.98. The molecule has 1 atom stereocenters. The molecule has 1 aliphatic carbocycles. The molecule has 0 bridgehead atoms. The second-order valence-electron chi connectivity index (χ2n) is 6.09. The number of nitrogens with zero attached hydrogens (tertiary/aromatic N) is 3. The van der Waals surface area contributed by atoms with Gasteiger partial charge in [-0.1, -0.05) is 35.2 Å². The Morgan fingerprint density at radius 1 is 1.35 bits per heavy atom. The minimum atomic E-state index is -0.121. The number of hydrogen-bond donors (Lipinski definition) is 0. The maximum Gasteiger partial charge on any atom is 0.234 e. The first-order valence-corrected chi connectivity index (χ1v) is 11.1. The Hall–Kier alpha value is -1.77. The monoisotopic (exact) mass is 403 g/mol. The van der Waals surface area contributed by atoms with Crippen molar-refractivity contribution in [3.05, 3.63) is 46.3 Å². The van der Waals surface area contributed by atoms with Crippen LogP contribution in [-0.2, 0) is 9.59 Å². The number of rotatable bonds is 5. The molecule has 8 heteroatoms. The summed E-state index contributed by atoms with van der Waals surface area (Å²) in [5.41, 5.74) is 1.63. The van der Waals surface area contributed by atoms with E-state index in [2.05, 4.69) is 16.8 Å². The normalized spacial score (nSPS) is 20.5. The summed E-state index contributed by atoms with van der Waals surface area (Å²) in [5, 5.41) is 11.0. The summed E-state index contributed by atoms with van der Waals surface area (Å²) in [6.45, 7) is 3.71. The van der Waals surface area contributed by atoms with Gasteiger partial charge in [0.2, 0.25) is 11.0 Å². The Kier molecular flexibility index (Phi) is 5.06. The summed E-state index contributed by atoms with van der Waals surface area (Å²) in [5.74, 6) is 0.778. The first-order valence-electron chi connectivity index (χ1n) is 8.39. The standard InChI is InChI=1S/C18H17N3O2S3/c1-2-8-25-18-20-19-17(26-18)21-12-5-3-6-13(22)16(12)11(10-15(21)23)14-7-4-9-24-14/h2,4,7,9,11H,1,3,5-6,8,10H2/t11-/m0/s1. The highest BCUT2D eigenvalue weighted by atomic mass is 32.2. The summed E-state index contributed by atoms with van der Waals surface area (Å²) >= 11 is 4.54. The maximum absolute atomic E-state index is 13.0.